The van der Waals surface area contributed by atoms with Crippen molar-refractivity contribution in [3.63, 3.8) is 0 Å². The van der Waals surface area contributed by atoms with E-state index in [0.717, 1.165) is 34.1 Å². The Bertz CT molecular complexity index is 1130. The van der Waals surface area contributed by atoms with Gasteiger partial charge in [0.25, 0.3) is 0 Å². The van der Waals surface area contributed by atoms with Crippen molar-refractivity contribution < 1.29 is 19.3 Å². The molecule has 0 fully saturated rings. The number of phenols is 1. The molecule has 150 valence electrons. The number of rotatable bonds is 4. The number of ether oxygens (including phenoxy) is 3. The molecule has 0 saturated carbocycles. The summed E-state index contributed by atoms with van der Waals surface area (Å²) in [5, 5.41) is 12.9. The molecule has 3 aromatic carbocycles. The number of hydrogen-bond acceptors (Lipinski definition) is 5. The smallest absolute Gasteiger partial charge is 0.139 e. The largest absolute Gasteiger partial charge is 0.506 e. The molecular formula is C24H25NO4. The van der Waals surface area contributed by atoms with Crippen LogP contribution in [0.5, 0.6) is 23.0 Å². The summed E-state index contributed by atoms with van der Waals surface area (Å²) < 4.78 is 17.1. The lowest BCUT2D eigenvalue weighted by Gasteiger charge is -2.24. The fraction of sp³-hybridized carbons (Fsp3) is 0.292. The molecule has 29 heavy (non-hydrogen) atoms. The number of benzene rings is 3. The quantitative estimate of drug-likeness (QED) is 0.686. The predicted molar refractivity (Wildman–Crippen MR) is 116 cm³/mol. The van der Waals surface area contributed by atoms with Crippen LogP contribution in [0.25, 0.3) is 21.9 Å². The van der Waals surface area contributed by atoms with Crippen molar-refractivity contribution in [2.24, 2.45) is 4.99 Å². The number of methoxy groups -OCH3 is 3. The van der Waals surface area contributed by atoms with Gasteiger partial charge in [0.15, 0.2) is 0 Å². The Morgan fingerprint density at radius 1 is 1.00 bits per heavy atom. The van der Waals surface area contributed by atoms with E-state index in [2.05, 4.69) is 11.9 Å². The molecule has 1 N–H and O–H groups in total. The minimum atomic E-state index is 0.148. The number of aromatic hydroxyl groups is 1. The number of fused-ring (bicyclic) bond motifs is 2. The lowest BCUT2D eigenvalue weighted by molar-refractivity contribution is 0.394. The number of nitrogens with zero attached hydrogens (tertiary/aromatic N) is 1. The summed E-state index contributed by atoms with van der Waals surface area (Å²) in [6.07, 6.45) is 2.68. The molecular weight excluding hydrogens is 366 g/mol. The Morgan fingerprint density at radius 3 is 2.45 bits per heavy atom. The zero-order valence-corrected chi connectivity index (χ0v) is 17.4. The Hall–Kier alpha value is -3.21. The van der Waals surface area contributed by atoms with E-state index in [9.17, 15) is 5.11 Å². The van der Waals surface area contributed by atoms with Crippen molar-refractivity contribution in [1.82, 2.24) is 0 Å². The van der Waals surface area contributed by atoms with Crippen LogP contribution in [0.3, 0.4) is 0 Å². The van der Waals surface area contributed by atoms with Gasteiger partial charge < -0.3 is 19.3 Å². The molecule has 3 aromatic rings. The van der Waals surface area contributed by atoms with Gasteiger partial charge in [-0.05, 0) is 48.9 Å². The first-order chi connectivity index (χ1) is 14.0. The van der Waals surface area contributed by atoms with Crippen LogP contribution >= 0.6 is 0 Å². The Labute approximate surface area is 170 Å². The molecule has 1 atom stereocenters. The van der Waals surface area contributed by atoms with E-state index >= 15 is 0 Å². The normalized spacial score (nSPS) is 15.3. The second kappa shape index (κ2) is 7.32. The molecule has 1 heterocycles. The van der Waals surface area contributed by atoms with Crippen molar-refractivity contribution in [1.29, 1.82) is 0 Å². The van der Waals surface area contributed by atoms with Crippen LogP contribution in [0.15, 0.2) is 35.3 Å². The van der Waals surface area contributed by atoms with E-state index in [4.69, 9.17) is 14.2 Å². The zero-order chi connectivity index (χ0) is 20.7. The Morgan fingerprint density at radius 2 is 1.76 bits per heavy atom. The summed E-state index contributed by atoms with van der Waals surface area (Å²) in [5.74, 6) is 2.08. The first-order valence-electron chi connectivity index (χ1n) is 9.60. The predicted octanol–water partition coefficient (Wildman–Crippen LogP) is 4.91. The number of phenolic OH excluding ortho intramolecular Hbond substituents is 1. The average molecular weight is 391 g/mol. The minimum Gasteiger partial charge on any atom is -0.506 e. The maximum Gasteiger partial charge on any atom is 0.139 e. The maximum atomic E-state index is 11.4. The van der Waals surface area contributed by atoms with Gasteiger partial charge in [-0.15, -0.1) is 0 Å². The monoisotopic (exact) mass is 391 g/mol. The molecule has 0 radical (unpaired) electrons. The van der Waals surface area contributed by atoms with Crippen molar-refractivity contribution in [2.75, 3.05) is 21.3 Å². The molecule has 0 aliphatic carbocycles. The lowest BCUT2D eigenvalue weighted by Crippen LogP contribution is -2.14. The highest BCUT2D eigenvalue weighted by Crippen LogP contribution is 2.50. The van der Waals surface area contributed by atoms with Crippen molar-refractivity contribution in [3.05, 3.63) is 47.0 Å². The highest BCUT2D eigenvalue weighted by molar-refractivity contribution is 6.03. The highest BCUT2D eigenvalue weighted by Gasteiger charge is 2.27. The Kier molecular flexibility index (Phi) is 4.82. The summed E-state index contributed by atoms with van der Waals surface area (Å²) >= 11 is 0. The van der Waals surface area contributed by atoms with Gasteiger partial charge >= 0.3 is 0 Å². The summed E-state index contributed by atoms with van der Waals surface area (Å²) in [4.78, 5) is 4.56. The van der Waals surface area contributed by atoms with Gasteiger partial charge in [-0.25, -0.2) is 0 Å². The van der Waals surface area contributed by atoms with Gasteiger partial charge in [0.05, 0.1) is 38.3 Å². The summed E-state index contributed by atoms with van der Waals surface area (Å²) in [6.45, 7) is 4.06. The number of aliphatic imine (C=N–C) groups is 1. The van der Waals surface area contributed by atoms with E-state index < -0.39 is 0 Å². The fourth-order valence-electron chi connectivity index (χ4n) is 4.22. The van der Waals surface area contributed by atoms with Gasteiger partial charge in [-0.3, -0.25) is 4.99 Å². The standard InChI is InChI=1S/C24H25NO4/c1-13-9-15-7-6-8-18(27-3)21(15)23(26)20(13)22-19(28-4)11-16-10-14(2)25-12-17(16)24(22)29-5/h6-9,11-12,14,26H,10H2,1-5H3/t14-/m0/s1. The van der Waals surface area contributed by atoms with Crippen LogP contribution in [0.1, 0.15) is 23.6 Å². The van der Waals surface area contributed by atoms with Gasteiger partial charge in [0.1, 0.15) is 23.0 Å². The molecule has 0 aromatic heterocycles. The van der Waals surface area contributed by atoms with Gasteiger partial charge in [-0.2, -0.15) is 0 Å². The molecule has 5 nitrogen and oxygen atoms in total. The van der Waals surface area contributed by atoms with Gasteiger partial charge in [-0.1, -0.05) is 18.2 Å². The lowest BCUT2D eigenvalue weighted by atomic mass is 9.88. The number of aryl methyl sites for hydroxylation is 1. The second-order valence-electron chi connectivity index (χ2n) is 7.37. The molecule has 0 spiro atoms. The molecule has 0 unspecified atom stereocenters. The Balaban J connectivity index is 2.11. The van der Waals surface area contributed by atoms with E-state index in [1.54, 1.807) is 21.3 Å². The van der Waals surface area contributed by atoms with E-state index in [-0.39, 0.29) is 11.8 Å². The third-order valence-electron chi connectivity index (χ3n) is 5.54. The van der Waals surface area contributed by atoms with E-state index in [0.29, 0.717) is 28.2 Å². The first kappa shape index (κ1) is 19.1. The van der Waals surface area contributed by atoms with Crippen LogP contribution in [-0.2, 0) is 6.42 Å². The topological polar surface area (TPSA) is 60.3 Å². The van der Waals surface area contributed by atoms with Crippen LogP contribution in [0.2, 0.25) is 0 Å². The summed E-state index contributed by atoms with van der Waals surface area (Å²) in [5.41, 5.74) is 4.37. The molecule has 4 rings (SSSR count). The maximum absolute atomic E-state index is 11.4. The first-order valence-corrected chi connectivity index (χ1v) is 9.60. The summed E-state index contributed by atoms with van der Waals surface area (Å²) in [7, 11) is 4.88. The SMILES string of the molecule is COc1cc2c(c(OC)c1-c1c(C)cc3cccc(OC)c3c1O)C=N[C@@H](C)C2. The average Bonchev–Trinajstić information content (AvgIpc) is 2.72. The van der Waals surface area contributed by atoms with Crippen molar-refractivity contribution in [2.45, 2.75) is 26.3 Å². The number of hydrogen-bond donors (Lipinski definition) is 1. The third-order valence-corrected chi connectivity index (χ3v) is 5.54. The van der Waals surface area contributed by atoms with Crippen LogP contribution in [0, 0.1) is 6.92 Å². The fourth-order valence-corrected chi connectivity index (χ4v) is 4.22. The zero-order valence-electron chi connectivity index (χ0n) is 17.4. The third kappa shape index (κ3) is 2.97. The summed E-state index contributed by atoms with van der Waals surface area (Å²) in [6, 6.07) is 10.0. The van der Waals surface area contributed by atoms with Gasteiger partial charge in [0, 0.05) is 17.3 Å². The van der Waals surface area contributed by atoms with E-state index in [1.165, 1.54) is 0 Å². The van der Waals surface area contributed by atoms with Crippen molar-refractivity contribution >= 4 is 17.0 Å². The molecule has 1 aliphatic heterocycles. The van der Waals surface area contributed by atoms with Gasteiger partial charge in [0.2, 0.25) is 0 Å². The molecule has 0 saturated heterocycles. The van der Waals surface area contributed by atoms with Crippen molar-refractivity contribution in [3.8, 4) is 34.1 Å². The molecule has 0 amide bonds. The minimum absolute atomic E-state index is 0.148. The van der Waals surface area contributed by atoms with Crippen LogP contribution in [-0.4, -0.2) is 38.7 Å². The van der Waals surface area contributed by atoms with Crippen LogP contribution < -0.4 is 14.2 Å². The molecule has 1 aliphatic rings. The highest BCUT2D eigenvalue weighted by atomic mass is 16.5. The van der Waals surface area contributed by atoms with Crippen LogP contribution in [0.4, 0.5) is 0 Å². The van der Waals surface area contributed by atoms with E-state index in [1.807, 2.05) is 43.5 Å². The molecule has 5 heteroatoms. The second-order valence-corrected chi connectivity index (χ2v) is 7.37. The molecule has 0 bridgehead atoms.